The average Bonchev–Trinajstić information content (AvgIpc) is 2.74. The van der Waals surface area contributed by atoms with Gasteiger partial charge in [0, 0.05) is 13.2 Å². The second-order valence-corrected chi connectivity index (χ2v) is 4.17. The monoisotopic (exact) mass is 250 g/mol. The van der Waals surface area contributed by atoms with Crippen molar-refractivity contribution in [2.75, 3.05) is 6.54 Å². The van der Waals surface area contributed by atoms with Crippen LogP contribution in [0.1, 0.15) is 23.7 Å². The summed E-state index contributed by atoms with van der Waals surface area (Å²) in [6.07, 6.45) is 3.45. The summed E-state index contributed by atoms with van der Waals surface area (Å²) in [5, 5.41) is 6.13. The molecule has 1 atom stereocenters. The molecule has 7 nitrogen and oxygen atoms in total. The number of carbonyl (C=O) groups is 3. The molecule has 0 aromatic carbocycles. The van der Waals surface area contributed by atoms with E-state index >= 15 is 0 Å². The number of carbonyl (C=O) groups excluding carboxylic acids is 3. The first-order valence-electron chi connectivity index (χ1n) is 5.66. The SMILES string of the molecule is CCC1C(=O)NC(=O)CN1C(=O)c1cnn(C)c1. The van der Waals surface area contributed by atoms with Gasteiger partial charge in [-0.1, -0.05) is 6.92 Å². The van der Waals surface area contributed by atoms with Crippen molar-refractivity contribution in [1.29, 1.82) is 0 Å². The van der Waals surface area contributed by atoms with Crippen LogP contribution in [0, 0.1) is 0 Å². The Hall–Kier alpha value is -2.18. The lowest BCUT2D eigenvalue weighted by Gasteiger charge is -2.33. The van der Waals surface area contributed by atoms with E-state index in [1.165, 1.54) is 15.8 Å². The number of imide groups is 1. The summed E-state index contributed by atoms with van der Waals surface area (Å²) in [5.41, 5.74) is 0.374. The van der Waals surface area contributed by atoms with Crippen LogP contribution in [0.25, 0.3) is 0 Å². The number of aromatic nitrogens is 2. The molecule has 1 aromatic rings. The maximum atomic E-state index is 12.2. The van der Waals surface area contributed by atoms with Gasteiger partial charge in [-0.15, -0.1) is 0 Å². The van der Waals surface area contributed by atoms with Gasteiger partial charge >= 0.3 is 0 Å². The van der Waals surface area contributed by atoms with E-state index in [0.717, 1.165) is 0 Å². The fourth-order valence-electron chi connectivity index (χ4n) is 1.98. The summed E-state index contributed by atoms with van der Waals surface area (Å²) in [5.74, 6) is -1.23. The molecular formula is C11H14N4O3. The maximum Gasteiger partial charge on any atom is 0.258 e. The summed E-state index contributed by atoms with van der Waals surface area (Å²) < 4.78 is 1.50. The number of hydrogen-bond donors (Lipinski definition) is 1. The van der Waals surface area contributed by atoms with Crippen LogP contribution < -0.4 is 5.32 Å². The molecular weight excluding hydrogens is 236 g/mol. The molecule has 2 heterocycles. The van der Waals surface area contributed by atoms with Crippen molar-refractivity contribution in [2.24, 2.45) is 7.05 Å². The Morgan fingerprint density at radius 1 is 1.56 bits per heavy atom. The third kappa shape index (κ3) is 2.11. The van der Waals surface area contributed by atoms with Gasteiger partial charge in [0.2, 0.25) is 11.8 Å². The molecule has 0 spiro atoms. The van der Waals surface area contributed by atoms with E-state index in [2.05, 4.69) is 10.4 Å². The van der Waals surface area contributed by atoms with Gasteiger partial charge < -0.3 is 4.90 Å². The minimum absolute atomic E-state index is 0.0992. The Balaban J connectivity index is 2.26. The highest BCUT2D eigenvalue weighted by Gasteiger charge is 2.36. The van der Waals surface area contributed by atoms with Gasteiger partial charge in [0.1, 0.15) is 12.6 Å². The van der Waals surface area contributed by atoms with E-state index in [9.17, 15) is 14.4 Å². The summed E-state index contributed by atoms with van der Waals surface area (Å²) in [7, 11) is 1.70. The number of nitrogens with one attached hydrogen (secondary N) is 1. The van der Waals surface area contributed by atoms with Crippen molar-refractivity contribution in [3.63, 3.8) is 0 Å². The van der Waals surface area contributed by atoms with Gasteiger partial charge in [0.05, 0.1) is 11.8 Å². The number of aryl methyl sites for hydroxylation is 1. The van der Waals surface area contributed by atoms with Crippen molar-refractivity contribution in [3.05, 3.63) is 18.0 Å². The van der Waals surface area contributed by atoms with Crippen LogP contribution in [0.5, 0.6) is 0 Å². The first kappa shape index (κ1) is 12.3. The second-order valence-electron chi connectivity index (χ2n) is 4.17. The topological polar surface area (TPSA) is 84.3 Å². The lowest BCUT2D eigenvalue weighted by Crippen LogP contribution is -2.59. The number of hydrogen-bond acceptors (Lipinski definition) is 4. The largest absolute Gasteiger partial charge is 0.317 e. The number of rotatable bonds is 2. The summed E-state index contributed by atoms with van der Waals surface area (Å²) in [4.78, 5) is 36.5. The number of nitrogens with zero attached hydrogens (tertiary/aromatic N) is 3. The molecule has 18 heavy (non-hydrogen) atoms. The first-order valence-corrected chi connectivity index (χ1v) is 5.66. The van der Waals surface area contributed by atoms with Crippen LogP contribution in [0.2, 0.25) is 0 Å². The molecule has 1 aliphatic heterocycles. The highest BCUT2D eigenvalue weighted by molar-refractivity contribution is 6.07. The number of amides is 3. The fourth-order valence-corrected chi connectivity index (χ4v) is 1.98. The summed E-state index contributed by atoms with van der Waals surface area (Å²) in [6.45, 7) is 1.70. The van der Waals surface area contributed by atoms with E-state index < -0.39 is 17.9 Å². The molecule has 1 aromatic heterocycles. The van der Waals surface area contributed by atoms with Crippen LogP contribution >= 0.6 is 0 Å². The Kier molecular flexibility index (Phi) is 3.14. The molecule has 2 rings (SSSR count). The van der Waals surface area contributed by atoms with Crippen LogP contribution in [0.15, 0.2) is 12.4 Å². The summed E-state index contributed by atoms with van der Waals surface area (Å²) in [6, 6.07) is -0.601. The molecule has 0 aliphatic carbocycles. The first-order chi connectivity index (χ1) is 8.52. The van der Waals surface area contributed by atoms with Crippen molar-refractivity contribution < 1.29 is 14.4 Å². The lowest BCUT2D eigenvalue weighted by molar-refractivity contribution is -0.138. The molecule has 3 amide bonds. The van der Waals surface area contributed by atoms with Crippen molar-refractivity contribution in [3.8, 4) is 0 Å². The standard InChI is InChI=1S/C11H14N4O3/c1-3-8-10(17)13-9(16)6-15(8)11(18)7-4-12-14(2)5-7/h4-5,8H,3,6H2,1-2H3,(H,13,16,17). The fraction of sp³-hybridized carbons (Fsp3) is 0.455. The number of piperazine rings is 1. The molecule has 1 fully saturated rings. The molecule has 0 radical (unpaired) electrons. The predicted molar refractivity (Wildman–Crippen MR) is 61.5 cm³/mol. The Morgan fingerprint density at radius 2 is 2.28 bits per heavy atom. The quantitative estimate of drug-likeness (QED) is 0.703. The Bertz CT molecular complexity index is 508. The third-order valence-electron chi connectivity index (χ3n) is 2.85. The van der Waals surface area contributed by atoms with Gasteiger partial charge in [-0.25, -0.2) is 0 Å². The molecule has 7 heteroatoms. The molecule has 0 bridgehead atoms. The van der Waals surface area contributed by atoms with Crippen LogP contribution in [0.4, 0.5) is 0 Å². The molecule has 1 saturated heterocycles. The zero-order valence-electron chi connectivity index (χ0n) is 10.2. The van der Waals surface area contributed by atoms with Gasteiger partial charge in [0.25, 0.3) is 5.91 Å². The van der Waals surface area contributed by atoms with E-state index in [-0.39, 0.29) is 12.5 Å². The van der Waals surface area contributed by atoms with Crippen LogP contribution in [-0.4, -0.2) is 45.0 Å². The third-order valence-corrected chi connectivity index (χ3v) is 2.85. The Morgan fingerprint density at radius 3 is 2.83 bits per heavy atom. The second kappa shape index (κ2) is 4.59. The zero-order valence-corrected chi connectivity index (χ0v) is 10.2. The van der Waals surface area contributed by atoms with Gasteiger partial charge in [0.15, 0.2) is 0 Å². The van der Waals surface area contributed by atoms with Crippen LogP contribution in [0.3, 0.4) is 0 Å². The van der Waals surface area contributed by atoms with Gasteiger partial charge in [-0.05, 0) is 6.42 Å². The van der Waals surface area contributed by atoms with Gasteiger partial charge in [-0.2, -0.15) is 5.10 Å². The summed E-state index contributed by atoms with van der Waals surface area (Å²) >= 11 is 0. The van der Waals surface area contributed by atoms with Gasteiger partial charge in [-0.3, -0.25) is 24.4 Å². The molecule has 0 saturated carbocycles. The van der Waals surface area contributed by atoms with E-state index in [1.807, 2.05) is 0 Å². The smallest absolute Gasteiger partial charge is 0.258 e. The lowest BCUT2D eigenvalue weighted by atomic mass is 10.1. The van der Waals surface area contributed by atoms with Crippen molar-refractivity contribution in [2.45, 2.75) is 19.4 Å². The predicted octanol–water partition coefficient (Wildman–Crippen LogP) is -0.703. The van der Waals surface area contributed by atoms with Crippen LogP contribution in [-0.2, 0) is 16.6 Å². The van der Waals surface area contributed by atoms with Crippen molar-refractivity contribution >= 4 is 17.7 Å². The minimum Gasteiger partial charge on any atom is -0.317 e. The molecule has 1 aliphatic rings. The van der Waals surface area contributed by atoms with E-state index in [4.69, 9.17) is 0 Å². The van der Waals surface area contributed by atoms with E-state index in [1.54, 1.807) is 20.2 Å². The van der Waals surface area contributed by atoms with E-state index in [0.29, 0.717) is 12.0 Å². The average molecular weight is 250 g/mol. The highest BCUT2D eigenvalue weighted by Crippen LogP contribution is 2.13. The zero-order chi connectivity index (χ0) is 13.3. The normalized spacial score (nSPS) is 19.9. The Labute approximate surface area is 104 Å². The molecule has 96 valence electrons. The molecule has 1 unspecified atom stereocenters. The molecule has 1 N–H and O–H groups in total. The minimum atomic E-state index is -0.601. The maximum absolute atomic E-state index is 12.2. The highest BCUT2D eigenvalue weighted by atomic mass is 16.2. The van der Waals surface area contributed by atoms with Crippen molar-refractivity contribution in [1.82, 2.24) is 20.0 Å².